The highest BCUT2D eigenvalue weighted by molar-refractivity contribution is 7.92. The smallest absolute Gasteiger partial charge is 0.262 e. The first kappa shape index (κ1) is 19.2. The average molecular weight is 395 g/mol. The summed E-state index contributed by atoms with van der Waals surface area (Å²) in [6.07, 6.45) is 2.72. The van der Waals surface area contributed by atoms with Gasteiger partial charge in [0.2, 0.25) is 0 Å². The Bertz CT molecular complexity index is 1140. The van der Waals surface area contributed by atoms with Gasteiger partial charge < -0.3 is 10.2 Å². The third kappa shape index (κ3) is 4.39. The van der Waals surface area contributed by atoms with Crippen molar-refractivity contribution in [3.63, 3.8) is 0 Å². The summed E-state index contributed by atoms with van der Waals surface area (Å²) in [5.41, 5.74) is 0.733. The summed E-state index contributed by atoms with van der Waals surface area (Å²) < 4.78 is 27.2. The quantitative estimate of drug-likeness (QED) is 0.335. The molecule has 0 fully saturated rings. The lowest BCUT2D eigenvalue weighted by molar-refractivity contribution is 0.104. The number of aromatic hydroxyl groups is 2. The number of para-hydroxylation sites is 1. The fraction of sp³-hybridized carbons (Fsp3) is 0. The van der Waals surface area contributed by atoms with Gasteiger partial charge in [0, 0.05) is 17.2 Å². The second-order valence-corrected chi connectivity index (χ2v) is 7.59. The maximum absolute atomic E-state index is 12.5. The van der Waals surface area contributed by atoms with E-state index in [0.29, 0.717) is 5.56 Å². The number of rotatable bonds is 6. The molecule has 0 atom stereocenters. The van der Waals surface area contributed by atoms with Crippen LogP contribution in [0.3, 0.4) is 0 Å². The first-order valence-corrected chi connectivity index (χ1v) is 9.76. The molecular formula is C21H17NO5S. The summed E-state index contributed by atoms with van der Waals surface area (Å²) in [5, 5.41) is 19.9. The fourth-order valence-corrected chi connectivity index (χ4v) is 3.60. The van der Waals surface area contributed by atoms with Crippen molar-refractivity contribution in [1.29, 1.82) is 0 Å². The van der Waals surface area contributed by atoms with Gasteiger partial charge in [-0.1, -0.05) is 48.5 Å². The van der Waals surface area contributed by atoms with E-state index in [2.05, 4.69) is 4.72 Å². The number of benzene rings is 3. The second-order valence-electron chi connectivity index (χ2n) is 5.91. The lowest BCUT2D eigenvalue weighted by Gasteiger charge is -2.11. The third-order valence-electron chi connectivity index (χ3n) is 3.91. The normalized spacial score (nSPS) is 11.4. The van der Waals surface area contributed by atoms with Crippen LogP contribution in [0.1, 0.15) is 15.9 Å². The number of nitrogens with one attached hydrogen (secondary N) is 1. The van der Waals surface area contributed by atoms with Crippen molar-refractivity contribution in [2.75, 3.05) is 4.72 Å². The average Bonchev–Trinajstić information content (AvgIpc) is 2.69. The molecule has 3 rings (SSSR count). The second kappa shape index (κ2) is 7.98. The lowest BCUT2D eigenvalue weighted by atomic mass is 10.1. The van der Waals surface area contributed by atoms with E-state index in [9.17, 15) is 23.4 Å². The van der Waals surface area contributed by atoms with Crippen molar-refractivity contribution in [2.24, 2.45) is 0 Å². The summed E-state index contributed by atoms with van der Waals surface area (Å²) in [6.45, 7) is 0. The van der Waals surface area contributed by atoms with Crippen molar-refractivity contribution in [3.05, 3.63) is 90.0 Å². The SMILES string of the molecule is O=C(C=Cc1cccc(NS(=O)(=O)c2cccc(O)c2)c1O)c1ccccc1. The Morgan fingerprint density at radius 1 is 0.893 bits per heavy atom. The monoisotopic (exact) mass is 395 g/mol. The zero-order chi connectivity index (χ0) is 20.1. The van der Waals surface area contributed by atoms with E-state index >= 15 is 0 Å². The predicted octanol–water partition coefficient (Wildman–Crippen LogP) is 3.79. The van der Waals surface area contributed by atoms with Gasteiger partial charge in [0.15, 0.2) is 5.78 Å². The fourth-order valence-electron chi connectivity index (χ4n) is 2.50. The number of phenolic OH excluding ortho intramolecular Hbond substituents is 2. The number of carbonyl (C=O) groups is 1. The van der Waals surface area contributed by atoms with Crippen molar-refractivity contribution in [2.45, 2.75) is 4.90 Å². The lowest BCUT2D eigenvalue weighted by Crippen LogP contribution is -2.13. The Labute approximate surface area is 162 Å². The van der Waals surface area contributed by atoms with Crippen LogP contribution in [0.4, 0.5) is 5.69 Å². The van der Waals surface area contributed by atoms with Crippen LogP contribution in [0.15, 0.2) is 83.8 Å². The van der Waals surface area contributed by atoms with E-state index in [0.717, 1.165) is 6.07 Å². The summed E-state index contributed by atoms with van der Waals surface area (Å²) >= 11 is 0. The number of sulfonamides is 1. The first-order valence-electron chi connectivity index (χ1n) is 8.28. The summed E-state index contributed by atoms with van der Waals surface area (Å²) in [5.74, 6) is -0.753. The molecule has 0 radical (unpaired) electrons. The van der Waals surface area contributed by atoms with Gasteiger partial charge in [-0.15, -0.1) is 0 Å². The molecule has 7 heteroatoms. The van der Waals surface area contributed by atoms with Gasteiger partial charge in [0.25, 0.3) is 10.0 Å². The first-order chi connectivity index (χ1) is 13.4. The maximum atomic E-state index is 12.5. The minimum Gasteiger partial charge on any atom is -0.508 e. The van der Waals surface area contributed by atoms with E-state index in [1.807, 2.05) is 0 Å². The largest absolute Gasteiger partial charge is 0.508 e. The zero-order valence-electron chi connectivity index (χ0n) is 14.6. The number of phenols is 2. The van der Waals surface area contributed by atoms with E-state index in [1.54, 1.807) is 42.5 Å². The number of allylic oxidation sites excluding steroid dienone is 1. The van der Waals surface area contributed by atoms with Crippen LogP contribution in [0.25, 0.3) is 6.08 Å². The van der Waals surface area contributed by atoms with E-state index < -0.39 is 10.0 Å². The minimum absolute atomic E-state index is 0.0438. The third-order valence-corrected chi connectivity index (χ3v) is 5.28. The molecule has 0 saturated carbocycles. The van der Waals surface area contributed by atoms with Crippen LogP contribution < -0.4 is 4.72 Å². The number of hydrogen-bond donors (Lipinski definition) is 3. The van der Waals surface area contributed by atoms with Gasteiger partial charge in [-0.3, -0.25) is 9.52 Å². The zero-order valence-corrected chi connectivity index (χ0v) is 15.4. The molecule has 0 aliphatic carbocycles. The van der Waals surface area contributed by atoms with Gasteiger partial charge in [-0.2, -0.15) is 0 Å². The van der Waals surface area contributed by atoms with Gasteiger partial charge in [-0.05, 0) is 30.4 Å². The Balaban J connectivity index is 1.85. The number of anilines is 1. The van der Waals surface area contributed by atoms with Gasteiger partial charge in [0.1, 0.15) is 11.5 Å². The molecule has 0 spiro atoms. The van der Waals surface area contributed by atoms with Crippen molar-refractivity contribution in [1.82, 2.24) is 0 Å². The molecule has 0 aliphatic rings. The van der Waals surface area contributed by atoms with Crippen LogP contribution in [-0.2, 0) is 10.0 Å². The number of ketones is 1. The predicted molar refractivity (Wildman–Crippen MR) is 107 cm³/mol. The topological polar surface area (TPSA) is 104 Å². The summed E-state index contributed by atoms with van der Waals surface area (Å²) in [4.78, 5) is 12.0. The number of hydrogen-bond acceptors (Lipinski definition) is 5. The molecular weight excluding hydrogens is 378 g/mol. The standard InChI is InChI=1S/C21H17NO5S/c23-17-9-5-10-18(14-17)28(26,27)22-19-11-4-8-16(21(19)25)12-13-20(24)15-6-2-1-3-7-15/h1-14,22-23,25H. The highest BCUT2D eigenvalue weighted by Gasteiger charge is 2.17. The molecule has 0 bridgehead atoms. The summed E-state index contributed by atoms with van der Waals surface area (Å²) in [7, 11) is -4.01. The van der Waals surface area contributed by atoms with Gasteiger partial charge >= 0.3 is 0 Å². The Hall–Kier alpha value is -3.58. The van der Waals surface area contributed by atoms with Crippen molar-refractivity contribution < 1.29 is 23.4 Å². The molecule has 142 valence electrons. The molecule has 6 nitrogen and oxygen atoms in total. The molecule has 0 saturated heterocycles. The van der Waals surface area contributed by atoms with Gasteiger partial charge in [0.05, 0.1) is 10.6 Å². The Morgan fingerprint density at radius 3 is 2.32 bits per heavy atom. The highest BCUT2D eigenvalue weighted by Crippen LogP contribution is 2.31. The molecule has 0 amide bonds. The molecule has 0 heterocycles. The Morgan fingerprint density at radius 2 is 1.61 bits per heavy atom. The van der Waals surface area contributed by atoms with Crippen molar-refractivity contribution >= 4 is 27.6 Å². The molecule has 3 N–H and O–H groups in total. The molecule has 3 aromatic rings. The van der Waals surface area contributed by atoms with Crippen LogP contribution in [0.5, 0.6) is 11.5 Å². The summed E-state index contributed by atoms with van der Waals surface area (Å²) in [6, 6.07) is 18.3. The van der Waals surface area contributed by atoms with Gasteiger partial charge in [-0.25, -0.2) is 8.42 Å². The van der Waals surface area contributed by atoms with Crippen LogP contribution in [0, 0.1) is 0 Å². The maximum Gasteiger partial charge on any atom is 0.262 e. The van der Waals surface area contributed by atoms with Crippen molar-refractivity contribution in [3.8, 4) is 11.5 Å². The Kier molecular flexibility index (Phi) is 5.47. The van der Waals surface area contributed by atoms with Crippen LogP contribution >= 0.6 is 0 Å². The molecule has 3 aromatic carbocycles. The molecule has 0 aromatic heterocycles. The number of carbonyl (C=O) groups excluding carboxylic acids is 1. The van der Waals surface area contributed by atoms with Crippen LogP contribution in [0.2, 0.25) is 0 Å². The van der Waals surface area contributed by atoms with E-state index in [-0.39, 0.29) is 33.4 Å². The van der Waals surface area contributed by atoms with Crippen LogP contribution in [-0.4, -0.2) is 24.4 Å². The van der Waals surface area contributed by atoms with E-state index in [4.69, 9.17) is 0 Å². The molecule has 0 aliphatic heterocycles. The minimum atomic E-state index is -4.01. The molecule has 0 unspecified atom stereocenters. The molecule has 28 heavy (non-hydrogen) atoms. The highest BCUT2D eigenvalue weighted by atomic mass is 32.2. The van der Waals surface area contributed by atoms with E-state index in [1.165, 1.54) is 36.4 Å².